The van der Waals surface area contributed by atoms with Gasteiger partial charge in [0.25, 0.3) is 0 Å². The van der Waals surface area contributed by atoms with Crippen LogP contribution < -0.4 is 10.2 Å². The predicted octanol–water partition coefficient (Wildman–Crippen LogP) is 4.51. The molecule has 3 nitrogen and oxygen atoms in total. The summed E-state index contributed by atoms with van der Waals surface area (Å²) in [5.41, 5.74) is 2.44. The molecule has 0 aromatic heterocycles. The van der Waals surface area contributed by atoms with E-state index in [1.54, 1.807) is 23.1 Å². The molecule has 0 aliphatic rings. The zero-order valence-corrected chi connectivity index (χ0v) is 13.7. The van der Waals surface area contributed by atoms with Crippen LogP contribution in [0.3, 0.4) is 0 Å². The van der Waals surface area contributed by atoms with E-state index < -0.39 is 0 Å². The van der Waals surface area contributed by atoms with Crippen molar-refractivity contribution in [3.8, 4) is 6.07 Å². The number of thiocarbonyl (C=S) groups is 1. The maximum absolute atomic E-state index is 14.1. The van der Waals surface area contributed by atoms with Crippen LogP contribution in [0.15, 0.2) is 48.5 Å². The molecule has 0 atom stereocenters. The van der Waals surface area contributed by atoms with Gasteiger partial charge in [-0.25, -0.2) is 4.39 Å². The van der Waals surface area contributed by atoms with Crippen LogP contribution in [-0.4, -0.2) is 11.7 Å². The van der Waals surface area contributed by atoms with Gasteiger partial charge in [0, 0.05) is 12.2 Å². The Bertz CT molecular complexity index is 707. The zero-order valence-electron chi connectivity index (χ0n) is 12.9. The summed E-state index contributed by atoms with van der Waals surface area (Å²) in [6, 6.07) is 16.4. The van der Waals surface area contributed by atoms with Gasteiger partial charge in [0.2, 0.25) is 0 Å². The van der Waals surface area contributed by atoms with E-state index in [1.807, 2.05) is 24.3 Å². The highest BCUT2D eigenvalue weighted by molar-refractivity contribution is 7.80. The maximum atomic E-state index is 14.1. The number of anilines is 2. The second kappa shape index (κ2) is 8.25. The molecule has 0 bridgehead atoms. The quantitative estimate of drug-likeness (QED) is 0.820. The summed E-state index contributed by atoms with van der Waals surface area (Å²) in [6.07, 6.45) is 1.22. The first-order chi connectivity index (χ1) is 11.2. The molecule has 1 N–H and O–H groups in total. The summed E-state index contributed by atoms with van der Waals surface area (Å²) >= 11 is 5.41. The van der Waals surface area contributed by atoms with Crippen molar-refractivity contribution in [1.29, 1.82) is 5.26 Å². The summed E-state index contributed by atoms with van der Waals surface area (Å²) in [5.74, 6) is -0.365. The van der Waals surface area contributed by atoms with Crippen molar-refractivity contribution in [3.05, 3.63) is 59.9 Å². The number of benzene rings is 2. The van der Waals surface area contributed by atoms with Crippen LogP contribution in [0.25, 0.3) is 0 Å². The molecule has 118 valence electrons. The molecule has 5 heteroatoms. The smallest absolute Gasteiger partial charge is 0.178 e. The molecule has 0 saturated heterocycles. The van der Waals surface area contributed by atoms with E-state index in [1.165, 1.54) is 11.6 Å². The van der Waals surface area contributed by atoms with Gasteiger partial charge in [0.05, 0.1) is 18.2 Å². The normalized spacial score (nSPS) is 9.96. The third-order valence-electron chi connectivity index (χ3n) is 3.45. The van der Waals surface area contributed by atoms with Gasteiger partial charge in [-0.2, -0.15) is 5.26 Å². The Morgan fingerprint density at radius 3 is 2.52 bits per heavy atom. The van der Waals surface area contributed by atoms with Crippen LogP contribution in [-0.2, 0) is 6.42 Å². The third-order valence-corrected chi connectivity index (χ3v) is 3.77. The molecule has 2 aromatic carbocycles. The van der Waals surface area contributed by atoms with Crippen LogP contribution in [0.4, 0.5) is 15.8 Å². The molecule has 0 amide bonds. The van der Waals surface area contributed by atoms with Gasteiger partial charge >= 0.3 is 0 Å². The highest BCUT2D eigenvalue weighted by atomic mass is 32.1. The number of rotatable bonds is 5. The first kappa shape index (κ1) is 16.9. The molecule has 0 spiro atoms. The Morgan fingerprint density at radius 2 is 1.91 bits per heavy atom. The lowest BCUT2D eigenvalue weighted by molar-refractivity contribution is 0.626. The Labute approximate surface area is 141 Å². The lowest BCUT2D eigenvalue weighted by Gasteiger charge is -2.25. The van der Waals surface area contributed by atoms with Gasteiger partial charge in [-0.05, 0) is 48.5 Å². The molecule has 0 aliphatic carbocycles. The highest BCUT2D eigenvalue weighted by Gasteiger charge is 2.15. The molecule has 0 saturated carbocycles. The van der Waals surface area contributed by atoms with Crippen molar-refractivity contribution in [2.45, 2.75) is 19.8 Å². The number of hydrogen-bond acceptors (Lipinski definition) is 2. The maximum Gasteiger partial charge on any atom is 0.178 e. The lowest BCUT2D eigenvalue weighted by Crippen LogP contribution is -2.36. The highest BCUT2D eigenvalue weighted by Crippen LogP contribution is 2.21. The van der Waals surface area contributed by atoms with Crippen molar-refractivity contribution >= 4 is 28.7 Å². The fourth-order valence-electron chi connectivity index (χ4n) is 2.18. The molecule has 0 unspecified atom stereocenters. The second-order valence-corrected chi connectivity index (χ2v) is 5.38. The van der Waals surface area contributed by atoms with Gasteiger partial charge in [0.1, 0.15) is 5.82 Å². The number of aryl methyl sites for hydroxylation is 1. The minimum atomic E-state index is -0.365. The van der Waals surface area contributed by atoms with E-state index in [4.69, 9.17) is 17.5 Å². The van der Waals surface area contributed by atoms with E-state index in [0.717, 1.165) is 12.1 Å². The van der Waals surface area contributed by atoms with Gasteiger partial charge in [-0.1, -0.05) is 31.2 Å². The number of halogens is 1. The average molecular weight is 327 g/mol. The van der Waals surface area contributed by atoms with Crippen molar-refractivity contribution in [2.24, 2.45) is 0 Å². The number of nitrogens with one attached hydrogen (secondary N) is 1. The molecule has 23 heavy (non-hydrogen) atoms. The Kier molecular flexibility index (Phi) is 6.07. The van der Waals surface area contributed by atoms with Gasteiger partial charge in [-0.15, -0.1) is 0 Å². The van der Waals surface area contributed by atoms with Crippen LogP contribution in [0.2, 0.25) is 0 Å². The average Bonchev–Trinajstić information content (AvgIpc) is 2.57. The first-order valence-corrected chi connectivity index (χ1v) is 7.85. The number of nitriles is 1. The fourth-order valence-corrected chi connectivity index (χ4v) is 2.49. The second-order valence-electron chi connectivity index (χ2n) is 4.99. The molecule has 0 fully saturated rings. The number of para-hydroxylation sites is 1. The Hall–Kier alpha value is -2.45. The minimum absolute atomic E-state index is 0.255. The molecular weight excluding hydrogens is 309 g/mol. The van der Waals surface area contributed by atoms with Crippen molar-refractivity contribution in [1.82, 2.24) is 0 Å². The summed E-state index contributed by atoms with van der Waals surface area (Å²) < 4.78 is 14.1. The SMILES string of the molecule is CCc1ccc(NC(=S)N(CCC#N)c2ccccc2F)cc1. The minimum Gasteiger partial charge on any atom is -0.332 e. The van der Waals surface area contributed by atoms with Crippen molar-refractivity contribution in [3.63, 3.8) is 0 Å². The summed E-state index contributed by atoms with van der Waals surface area (Å²) in [7, 11) is 0. The fraction of sp³-hybridized carbons (Fsp3) is 0.222. The monoisotopic (exact) mass is 327 g/mol. The lowest BCUT2D eigenvalue weighted by atomic mass is 10.1. The Balaban J connectivity index is 2.19. The molecule has 0 heterocycles. The first-order valence-electron chi connectivity index (χ1n) is 7.44. The molecular formula is C18H18FN3S. The van der Waals surface area contributed by atoms with Crippen molar-refractivity contribution in [2.75, 3.05) is 16.8 Å². The summed E-state index contributed by atoms with van der Waals surface area (Å²) in [4.78, 5) is 1.61. The van der Waals surface area contributed by atoms with E-state index in [0.29, 0.717) is 17.3 Å². The number of nitrogens with zero attached hydrogens (tertiary/aromatic N) is 2. The standard InChI is InChI=1S/C18H18FN3S/c1-2-14-8-10-15(11-9-14)21-18(23)22(13-5-12-20)17-7-4-3-6-16(17)19/h3-4,6-11H,2,5,13H2,1H3,(H,21,23). The van der Waals surface area contributed by atoms with Crippen LogP contribution in [0.5, 0.6) is 0 Å². The largest absolute Gasteiger partial charge is 0.332 e. The Morgan fingerprint density at radius 1 is 1.22 bits per heavy atom. The molecule has 0 radical (unpaired) electrons. The predicted molar refractivity (Wildman–Crippen MR) is 96.0 cm³/mol. The third kappa shape index (κ3) is 4.51. The summed E-state index contributed by atoms with van der Waals surface area (Å²) in [6.45, 7) is 2.42. The van der Waals surface area contributed by atoms with Gasteiger partial charge in [-0.3, -0.25) is 0 Å². The zero-order chi connectivity index (χ0) is 16.7. The number of hydrogen-bond donors (Lipinski definition) is 1. The van der Waals surface area contributed by atoms with Crippen molar-refractivity contribution < 1.29 is 4.39 Å². The van der Waals surface area contributed by atoms with E-state index >= 15 is 0 Å². The van der Waals surface area contributed by atoms with Gasteiger partial charge in [0.15, 0.2) is 5.11 Å². The van der Waals surface area contributed by atoms with Crippen LogP contribution >= 0.6 is 12.2 Å². The van der Waals surface area contributed by atoms with E-state index in [2.05, 4.69) is 18.3 Å². The molecule has 2 rings (SSSR count). The topological polar surface area (TPSA) is 39.1 Å². The molecule has 2 aromatic rings. The van der Waals surface area contributed by atoms with E-state index in [-0.39, 0.29) is 12.2 Å². The van der Waals surface area contributed by atoms with Crippen LogP contribution in [0, 0.1) is 17.1 Å². The van der Waals surface area contributed by atoms with Gasteiger partial charge < -0.3 is 10.2 Å². The van der Waals surface area contributed by atoms with E-state index in [9.17, 15) is 4.39 Å². The van der Waals surface area contributed by atoms with Crippen LogP contribution in [0.1, 0.15) is 18.9 Å². The summed E-state index contributed by atoms with van der Waals surface area (Å²) in [5, 5.41) is 12.3. The molecule has 0 aliphatic heterocycles.